The largest absolute Gasteiger partial charge is 0.264 e. The van der Waals surface area contributed by atoms with Crippen molar-refractivity contribution in [1.29, 1.82) is 0 Å². The molecule has 6 aromatic carbocycles. The fourth-order valence-electron chi connectivity index (χ4n) is 6.59. The van der Waals surface area contributed by atoms with Crippen LogP contribution >= 0.6 is 11.8 Å². The van der Waals surface area contributed by atoms with Crippen LogP contribution in [0.4, 0.5) is 0 Å². The zero-order valence-electron chi connectivity index (χ0n) is 26.5. The molecule has 0 radical (unpaired) electrons. The van der Waals surface area contributed by atoms with Crippen molar-refractivity contribution in [3.63, 3.8) is 0 Å². The van der Waals surface area contributed by atoms with Crippen molar-refractivity contribution in [3.05, 3.63) is 175 Å². The molecule has 0 spiro atoms. The summed E-state index contributed by atoms with van der Waals surface area (Å²) in [6, 6.07) is 53.7. The Bertz CT molecular complexity index is 2470. The third-order valence-electron chi connectivity index (χ3n) is 9.03. The van der Waals surface area contributed by atoms with Crippen LogP contribution < -0.4 is 0 Å². The predicted molar refractivity (Wildman–Crippen MR) is 204 cm³/mol. The van der Waals surface area contributed by atoms with Crippen LogP contribution in [-0.4, -0.2) is 15.0 Å². The molecule has 0 aliphatic carbocycles. The molecule has 1 aliphatic heterocycles. The van der Waals surface area contributed by atoms with Gasteiger partial charge in [0.2, 0.25) is 0 Å². The lowest BCUT2D eigenvalue weighted by Gasteiger charge is -2.18. The van der Waals surface area contributed by atoms with Crippen molar-refractivity contribution < 1.29 is 0 Å². The molecule has 0 unspecified atom stereocenters. The van der Waals surface area contributed by atoms with E-state index in [0.29, 0.717) is 5.82 Å². The van der Waals surface area contributed by atoms with E-state index in [1.165, 1.54) is 42.8 Å². The zero-order valence-corrected chi connectivity index (χ0v) is 27.3. The molecule has 0 saturated heterocycles. The summed E-state index contributed by atoms with van der Waals surface area (Å²) in [7, 11) is 0. The van der Waals surface area contributed by atoms with Gasteiger partial charge in [0.25, 0.3) is 0 Å². The quantitative estimate of drug-likeness (QED) is 0.192. The van der Waals surface area contributed by atoms with Gasteiger partial charge in [-0.25, -0.2) is 9.97 Å². The maximum Gasteiger partial charge on any atom is 0.161 e. The molecule has 1 aliphatic rings. The normalized spacial score (nSPS) is 11.9. The molecular formula is C45H29N3S. The summed E-state index contributed by atoms with van der Waals surface area (Å²) in [4.78, 5) is 16.9. The molecule has 230 valence electrons. The Morgan fingerprint density at radius 3 is 2.02 bits per heavy atom. The Kier molecular flexibility index (Phi) is 7.41. The highest BCUT2D eigenvalue weighted by molar-refractivity contribution is 7.99. The van der Waals surface area contributed by atoms with Gasteiger partial charge in [-0.3, -0.25) is 4.98 Å². The van der Waals surface area contributed by atoms with Crippen molar-refractivity contribution in [2.75, 3.05) is 0 Å². The van der Waals surface area contributed by atoms with Gasteiger partial charge in [0.05, 0.1) is 11.4 Å². The predicted octanol–water partition coefficient (Wildman–Crippen LogP) is 12.0. The zero-order chi connectivity index (χ0) is 32.6. The van der Waals surface area contributed by atoms with E-state index in [2.05, 4.69) is 138 Å². The molecule has 8 aromatic rings. The van der Waals surface area contributed by atoms with E-state index in [1.807, 2.05) is 48.3 Å². The van der Waals surface area contributed by atoms with E-state index < -0.39 is 0 Å². The van der Waals surface area contributed by atoms with Crippen molar-refractivity contribution in [1.82, 2.24) is 15.0 Å². The highest BCUT2D eigenvalue weighted by Gasteiger charge is 2.19. The minimum atomic E-state index is 0.649. The monoisotopic (exact) mass is 643 g/mol. The summed E-state index contributed by atoms with van der Waals surface area (Å²) >= 11 is 1.85. The second-order valence-electron chi connectivity index (χ2n) is 12.1. The summed E-state index contributed by atoms with van der Waals surface area (Å²) < 4.78 is 0. The van der Waals surface area contributed by atoms with Crippen molar-refractivity contribution in [2.24, 2.45) is 0 Å². The highest BCUT2D eigenvalue weighted by Crippen LogP contribution is 2.47. The fraction of sp³-hybridized carbons (Fsp3) is 0. The second-order valence-corrected chi connectivity index (χ2v) is 13.1. The lowest BCUT2D eigenvalue weighted by Crippen LogP contribution is -1.97. The SMILES string of the molecule is C1=Cc2ccc(-c3cc(-c4ccccc4)nc(-c4cccnc4)n3)cc2-c2ccc3ccccc3c2Sc2ccccc2-c2ccccc21. The number of pyridine rings is 1. The highest BCUT2D eigenvalue weighted by atomic mass is 32.2. The standard InChI is InChI=1S/C45H29N3S/c1-2-13-33(14-3-1)41-28-42(48-45(47-41)35-15-10-26-46-29-35)34-23-22-32-21-20-30-11-4-6-16-36(30)38-18-8-9-19-43(38)49-44-37-17-7-5-12-31(37)24-25-39(44)40(32)27-34/h1-29H. The lowest BCUT2D eigenvalue weighted by molar-refractivity contribution is 1.17. The van der Waals surface area contributed by atoms with Crippen LogP contribution in [0.3, 0.4) is 0 Å². The molecular weight excluding hydrogens is 615 g/mol. The molecule has 2 aromatic heterocycles. The number of aromatic nitrogens is 3. The van der Waals surface area contributed by atoms with Crippen molar-refractivity contribution in [2.45, 2.75) is 9.79 Å². The lowest BCUT2D eigenvalue weighted by atomic mass is 9.93. The first-order valence-electron chi connectivity index (χ1n) is 16.3. The average Bonchev–Trinajstić information content (AvgIpc) is 3.20. The first kappa shape index (κ1) is 29.1. The van der Waals surface area contributed by atoms with Gasteiger partial charge in [0.1, 0.15) is 0 Å². The van der Waals surface area contributed by atoms with Crippen LogP contribution in [-0.2, 0) is 0 Å². The van der Waals surface area contributed by atoms with Crippen LogP contribution in [0.25, 0.3) is 79.1 Å². The van der Waals surface area contributed by atoms with Crippen LogP contribution in [0.15, 0.2) is 174 Å². The van der Waals surface area contributed by atoms with Crippen LogP contribution in [0.5, 0.6) is 0 Å². The van der Waals surface area contributed by atoms with E-state index in [1.54, 1.807) is 6.20 Å². The average molecular weight is 644 g/mol. The molecule has 3 nitrogen and oxygen atoms in total. The van der Waals surface area contributed by atoms with E-state index >= 15 is 0 Å². The molecule has 4 heteroatoms. The number of hydrogen-bond donors (Lipinski definition) is 0. The van der Waals surface area contributed by atoms with Gasteiger partial charge >= 0.3 is 0 Å². The topological polar surface area (TPSA) is 38.7 Å². The third kappa shape index (κ3) is 5.52. The van der Waals surface area contributed by atoms with E-state index in [-0.39, 0.29) is 0 Å². The number of fused-ring (bicyclic) bond motifs is 8. The first-order chi connectivity index (χ1) is 24.3. The van der Waals surface area contributed by atoms with Gasteiger partial charge in [-0.05, 0) is 74.5 Å². The molecule has 0 bridgehead atoms. The van der Waals surface area contributed by atoms with Crippen molar-refractivity contribution >= 4 is 34.7 Å². The number of benzene rings is 6. The fourth-order valence-corrected chi connectivity index (χ4v) is 7.83. The molecule has 9 rings (SSSR count). The summed E-state index contributed by atoms with van der Waals surface area (Å²) in [6.07, 6.45) is 8.10. The second kappa shape index (κ2) is 12.5. The Hall–Kier alpha value is -6.10. The van der Waals surface area contributed by atoms with Crippen LogP contribution in [0, 0.1) is 0 Å². The van der Waals surface area contributed by atoms with E-state index in [9.17, 15) is 0 Å². The van der Waals surface area contributed by atoms with E-state index in [4.69, 9.17) is 9.97 Å². The number of hydrogen-bond acceptors (Lipinski definition) is 4. The maximum atomic E-state index is 5.13. The van der Waals surface area contributed by atoms with Gasteiger partial charge in [-0.2, -0.15) is 0 Å². The summed E-state index contributed by atoms with van der Waals surface area (Å²) in [5.74, 6) is 0.649. The van der Waals surface area contributed by atoms with Gasteiger partial charge in [0, 0.05) is 38.9 Å². The van der Waals surface area contributed by atoms with Gasteiger partial charge in [0.15, 0.2) is 5.82 Å². The molecule has 0 amide bonds. The van der Waals surface area contributed by atoms with Gasteiger partial charge in [-0.1, -0.05) is 145 Å². The van der Waals surface area contributed by atoms with Crippen molar-refractivity contribution in [3.8, 4) is 56.2 Å². The smallest absolute Gasteiger partial charge is 0.161 e. The molecule has 0 saturated carbocycles. The Balaban J connectivity index is 1.30. The molecule has 0 N–H and O–H groups in total. The summed E-state index contributed by atoms with van der Waals surface area (Å²) in [5, 5.41) is 2.46. The maximum absolute atomic E-state index is 5.13. The Labute approximate surface area is 289 Å². The van der Waals surface area contributed by atoms with Gasteiger partial charge in [-0.15, -0.1) is 0 Å². The Morgan fingerprint density at radius 1 is 0.449 bits per heavy atom. The summed E-state index contributed by atoms with van der Waals surface area (Å²) in [6.45, 7) is 0. The number of rotatable bonds is 3. The van der Waals surface area contributed by atoms with Gasteiger partial charge < -0.3 is 0 Å². The molecule has 49 heavy (non-hydrogen) atoms. The summed E-state index contributed by atoms with van der Waals surface area (Å²) in [5.41, 5.74) is 11.8. The third-order valence-corrected chi connectivity index (χ3v) is 10.2. The number of nitrogens with zero attached hydrogens (tertiary/aromatic N) is 3. The molecule has 3 heterocycles. The Morgan fingerprint density at radius 2 is 1.16 bits per heavy atom. The molecule has 0 atom stereocenters. The molecule has 0 fully saturated rings. The van der Waals surface area contributed by atoms with Crippen LogP contribution in [0.2, 0.25) is 0 Å². The minimum Gasteiger partial charge on any atom is -0.264 e. The first-order valence-corrected chi connectivity index (χ1v) is 17.2. The minimum absolute atomic E-state index is 0.649. The van der Waals surface area contributed by atoms with E-state index in [0.717, 1.165) is 39.2 Å². The van der Waals surface area contributed by atoms with Crippen LogP contribution in [0.1, 0.15) is 11.1 Å².